The fourth-order valence-electron chi connectivity index (χ4n) is 5.01. The first-order valence-corrected chi connectivity index (χ1v) is 21.7. The Bertz CT molecular complexity index is 1100. The van der Waals surface area contributed by atoms with E-state index in [1.165, 1.54) is 70.6 Å². The van der Waals surface area contributed by atoms with E-state index in [1.54, 1.807) is 12.3 Å². The molecular formula is C43H74NO8P. The Morgan fingerprint density at radius 2 is 1.30 bits per heavy atom. The third-order valence-electron chi connectivity index (χ3n) is 7.98. The zero-order valence-corrected chi connectivity index (χ0v) is 34.0. The summed E-state index contributed by atoms with van der Waals surface area (Å²) in [5, 5.41) is 9.99. The number of esters is 1. The summed E-state index contributed by atoms with van der Waals surface area (Å²) in [5.74, 6) is -0.457. The van der Waals surface area contributed by atoms with Gasteiger partial charge in [0.25, 0.3) is 0 Å². The maximum atomic E-state index is 12.5. The number of aliphatic hydroxyl groups excluding tert-OH is 1. The minimum Gasteiger partial charge on any atom is -0.498 e. The van der Waals surface area contributed by atoms with Crippen LogP contribution in [-0.2, 0) is 27.9 Å². The van der Waals surface area contributed by atoms with Crippen LogP contribution in [0.4, 0.5) is 0 Å². The van der Waals surface area contributed by atoms with Gasteiger partial charge in [0.05, 0.1) is 25.6 Å². The molecule has 0 aromatic rings. The van der Waals surface area contributed by atoms with Gasteiger partial charge in [-0.25, -0.2) is 4.57 Å². The van der Waals surface area contributed by atoms with Crippen LogP contribution in [0.5, 0.6) is 0 Å². The third kappa shape index (κ3) is 39.0. The first-order valence-electron chi connectivity index (χ1n) is 20.2. The lowest BCUT2D eigenvalue weighted by Gasteiger charge is -2.19. The smallest absolute Gasteiger partial charge is 0.472 e. The highest BCUT2D eigenvalue weighted by Crippen LogP contribution is 2.43. The molecule has 0 fully saturated rings. The molecule has 4 N–H and O–H groups in total. The van der Waals surface area contributed by atoms with Crippen LogP contribution in [0.2, 0.25) is 0 Å². The van der Waals surface area contributed by atoms with E-state index in [0.717, 1.165) is 38.5 Å². The van der Waals surface area contributed by atoms with Crippen molar-refractivity contribution in [2.75, 3.05) is 26.4 Å². The van der Waals surface area contributed by atoms with E-state index in [1.807, 2.05) is 48.6 Å². The largest absolute Gasteiger partial charge is 0.498 e. The molecule has 0 saturated carbocycles. The van der Waals surface area contributed by atoms with Gasteiger partial charge >= 0.3 is 13.8 Å². The molecule has 0 heterocycles. The van der Waals surface area contributed by atoms with Crippen molar-refractivity contribution >= 4 is 13.8 Å². The van der Waals surface area contributed by atoms with Crippen LogP contribution in [-0.4, -0.2) is 54.5 Å². The monoisotopic (exact) mass is 764 g/mol. The highest BCUT2D eigenvalue weighted by Gasteiger charge is 2.25. The van der Waals surface area contributed by atoms with Gasteiger partial charge in [-0.15, -0.1) is 0 Å². The first-order chi connectivity index (χ1) is 25.8. The SMILES string of the molecule is CCC=CCC=CCC(O)C=CC=CCC=CCC=CCCC(=O)OC(COC=CCCCCCCCCCCCCCC)COP(=O)(O)OCCN. The zero-order valence-electron chi connectivity index (χ0n) is 33.1. The summed E-state index contributed by atoms with van der Waals surface area (Å²) in [6.45, 7) is 3.93. The second-order valence-corrected chi connectivity index (χ2v) is 14.5. The van der Waals surface area contributed by atoms with Crippen molar-refractivity contribution in [2.24, 2.45) is 5.73 Å². The molecule has 0 rings (SSSR count). The lowest BCUT2D eigenvalue weighted by molar-refractivity contribution is -0.153. The Morgan fingerprint density at radius 3 is 1.96 bits per heavy atom. The number of phosphoric acid groups is 1. The Hall–Kier alpha value is -2.52. The number of rotatable bonds is 37. The molecule has 0 aromatic carbocycles. The fourth-order valence-corrected chi connectivity index (χ4v) is 5.78. The molecule has 0 amide bonds. The van der Waals surface area contributed by atoms with Crippen molar-refractivity contribution in [1.82, 2.24) is 0 Å². The van der Waals surface area contributed by atoms with Gasteiger partial charge in [0, 0.05) is 13.0 Å². The molecule has 0 spiro atoms. The minimum absolute atomic E-state index is 0.0163. The molecule has 304 valence electrons. The number of ether oxygens (including phenoxy) is 2. The number of aliphatic hydroxyl groups is 1. The summed E-state index contributed by atoms with van der Waals surface area (Å²) in [6, 6.07) is 0. The van der Waals surface area contributed by atoms with Crippen molar-refractivity contribution in [1.29, 1.82) is 0 Å². The number of hydrogen-bond donors (Lipinski definition) is 3. The molecular weight excluding hydrogens is 689 g/mol. The van der Waals surface area contributed by atoms with E-state index < -0.39 is 26.0 Å². The van der Waals surface area contributed by atoms with Crippen LogP contribution >= 0.6 is 7.82 Å². The van der Waals surface area contributed by atoms with Crippen LogP contribution in [0.1, 0.15) is 142 Å². The summed E-state index contributed by atoms with van der Waals surface area (Å²) in [5.41, 5.74) is 5.34. The topological polar surface area (TPSA) is 138 Å². The average molecular weight is 764 g/mol. The van der Waals surface area contributed by atoms with Crippen molar-refractivity contribution in [2.45, 2.75) is 154 Å². The molecule has 0 aliphatic heterocycles. The second-order valence-electron chi connectivity index (χ2n) is 13.0. The molecule has 0 aliphatic carbocycles. The van der Waals surface area contributed by atoms with E-state index in [4.69, 9.17) is 24.3 Å². The van der Waals surface area contributed by atoms with Gasteiger partial charge in [-0.3, -0.25) is 13.8 Å². The van der Waals surface area contributed by atoms with Crippen molar-refractivity contribution in [3.63, 3.8) is 0 Å². The van der Waals surface area contributed by atoms with Crippen LogP contribution < -0.4 is 5.73 Å². The molecule has 3 unspecified atom stereocenters. The van der Waals surface area contributed by atoms with Gasteiger partial charge in [0.1, 0.15) is 6.61 Å². The van der Waals surface area contributed by atoms with E-state index >= 15 is 0 Å². The molecule has 9 nitrogen and oxygen atoms in total. The Kier molecular flexibility index (Phi) is 37.3. The molecule has 3 atom stereocenters. The van der Waals surface area contributed by atoms with Gasteiger partial charge in [-0.1, -0.05) is 157 Å². The lowest BCUT2D eigenvalue weighted by Crippen LogP contribution is -2.27. The van der Waals surface area contributed by atoms with Gasteiger partial charge < -0.3 is 25.2 Å². The van der Waals surface area contributed by atoms with Gasteiger partial charge in [-0.2, -0.15) is 0 Å². The molecule has 0 bridgehead atoms. The Morgan fingerprint density at radius 1 is 0.698 bits per heavy atom. The predicted molar refractivity (Wildman–Crippen MR) is 220 cm³/mol. The normalized spacial score (nSPS) is 15.0. The molecule has 53 heavy (non-hydrogen) atoms. The summed E-state index contributed by atoms with van der Waals surface area (Å²) in [4.78, 5) is 22.4. The highest BCUT2D eigenvalue weighted by molar-refractivity contribution is 7.47. The van der Waals surface area contributed by atoms with E-state index in [2.05, 4.69) is 38.2 Å². The number of carbonyl (C=O) groups is 1. The third-order valence-corrected chi connectivity index (χ3v) is 8.97. The zero-order chi connectivity index (χ0) is 38.9. The summed E-state index contributed by atoms with van der Waals surface area (Å²) in [7, 11) is -4.33. The summed E-state index contributed by atoms with van der Waals surface area (Å²) < 4.78 is 33.0. The Labute approximate surface area is 322 Å². The van der Waals surface area contributed by atoms with Crippen LogP contribution in [0.3, 0.4) is 0 Å². The number of carbonyl (C=O) groups excluding carboxylic acids is 1. The molecule has 0 saturated heterocycles. The van der Waals surface area contributed by atoms with E-state index in [-0.39, 0.29) is 32.8 Å². The standard InChI is InChI=1S/C43H74NO8P/c1-3-5-7-9-11-12-13-14-15-18-21-24-28-32-37-49-39-42(40-51-53(47,48)50-38-36-44)52-43(46)35-31-27-23-20-17-16-19-22-26-30-34-41(45)33-29-25-10-8-6-4-2/h6,8,16-17,22-23,25-27,29-30,32,34,37,41-42,45H,3-5,7,9-15,18-21,24,28,31,33,35-36,38-40,44H2,1-2H3,(H,47,48). The van der Waals surface area contributed by atoms with Gasteiger partial charge in [0.15, 0.2) is 6.10 Å². The number of allylic oxidation sites excluding steroid dienone is 11. The van der Waals surface area contributed by atoms with Crippen LogP contribution in [0.15, 0.2) is 85.3 Å². The minimum atomic E-state index is -4.33. The lowest BCUT2D eigenvalue weighted by atomic mass is 10.0. The van der Waals surface area contributed by atoms with Crippen LogP contribution in [0, 0.1) is 0 Å². The van der Waals surface area contributed by atoms with Crippen LogP contribution in [0.25, 0.3) is 0 Å². The number of phosphoric ester groups is 1. The first kappa shape index (κ1) is 50.5. The second kappa shape index (κ2) is 39.2. The highest BCUT2D eigenvalue weighted by atomic mass is 31.2. The number of unbranched alkanes of at least 4 members (excludes halogenated alkanes) is 12. The van der Waals surface area contributed by atoms with Crippen molar-refractivity contribution in [3.8, 4) is 0 Å². The molecule has 0 radical (unpaired) electrons. The summed E-state index contributed by atoms with van der Waals surface area (Å²) in [6.07, 6.45) is 47.3. The average Bonchev–Trinajstić information content (AvgIpc) is 3.14. The molecule has 0 aromatic heterocycles. The predicted octanol–water partition coefficient (Wildman–Crippen LogP) is 11.1. The molecule has 0 aliphatic rings. The maximum Gasteiger partial charge on any atom is 0.472 e. The molecule has 10 heteroatoms. The number of nitrogens with two attached hydrogens (primary N) is 1. The number of hydrogen-bond acceptors (Lipinski definition) is 8. The van der Waals surface area contributed by atoms with E-state index in [0.29, 0.717) is 12.8 Å². The quantitative estimate of drug-likeness (QED) is 0.0141. The van der Waals surface area contributed by atoms with E-state index in [9.17, 15) is 19.4 Å². The van der Waals surface area contributed by atoms with Gasteiger partial charge in [0.2, 0.25) is 0 Å². The fraction of sp³-hybridized carbons (Fsp3) is 0.651. The maximum absolute atomic E-state index is 12.5. The van der Waals surface area contributed by atoms with Crippen molar-refractivity contribution < 1.29 is 37.9 Å². The van der Waals surface area contributed by atoms with Gasteiger partial charge in [-0.05, 0) is 57.4 Å². The van der Waals surface area contributed by atoms with Crippen molar-refractivity contribution in [3.05, 3.63) is 85.3 Å². The summed E-state index contributed by atoms with van der Waals surface area (Å²) >= 11 is 0. The Balaban J connectivity index is 4.34.